The molecule has 4 nitrogen and oxygen atoms in total. The van der Waals surface area contributed by atoms with Gasteiger partial charge in [-0.3, -0.25) is 4.98 Å². The molecule has 0 saturated carbocycles. The lowest BCUT2D eigenvalue weighted by Crippen LogP contribution is -2.25. The topological polar surface area (TPSA) is 48.4 Å². The fourth-order valence-electron chi connectivity index (χ4n) is 2.58. The summed E-state index contributed by atoms with van der Waals surface area (Å²) in [6.07, 6.45) is 8.19. The minimum absolute atomic E-state index is 0.0466. The Balaban J connectivity index is 1.61. The molecule has 114 valence electrons. The molecule has 22 heavy (non-hydrogen) atoms. The van der Waals surface area contributed by atoms with Crippen molar-refractivity contribution in [3.05, 3.63) is 48.2 Å². The zero-order valence-electron chi connectivity index (χ0n) is 12.4. The van der Waals surface area contributed by atoms with Crippen LogP contribution >= 0.6 is 0 Å². The molecule has 1 aliphatic heterocycles. The average molecular weight is 297 g/mol. The van der Waals surface area contributed by atoms with Crippen LogP contribution in [0.1, 0.15) is 24.8 Å². The summed E-state index contributed by atoms with van der Waals surface area (Å²) in [5.74, 6) is -0.345. The second-order valence-corrected chi connectivity index (χ2v) is 5.37. The van der Waals surface area contributed by atoms with Gasteiger partial charge in [-0.15, -0.1) is 0 Å². The highest BCUT2D eigenvalue weighted by Crippen LogP contribution is 2.17. The van der Waals surface area contributed by atoms with Crippen LogP contribution in [0.5, 0.6) is 0 Å². The van der Waals surface area contributed by atoms with Gasteiger partial charge < -0.3 is 9.47 Å². The van der Waals surface area contributed by atoms with E-state index in [1.165, 1.54) is 6.08 Å². The van der Waals surface area contributed by atoms with E-state index >= 15 is 0 Å². The molecule has 0 aliphatic carbocycles. The van der Waals surface area contributed by atoms with Gasteiger partial charge in [0.25, 0.3) is 0 Å². The molecule has 3 rings (SSSR count). The fraction of sp³-hybridized carbons (Fsp3) is 0.333. The van der Waals surface area contributed by atoms with E-state index in [1.807, 2.05) is 30.3 Å². The molecule has 1 fully saturated rings. The van der Waals surface area contributed by atoms with Crippen LogP contribution in [0.25, 0.3) is 17.0 Å². The number of carbonyl (C=O) groups excluding carboxylic acids is 1. The summed E-state index contributed by atoms with van der Waals surface area (Å²) in [6.45, 7) is 1.09. The Morgan fingerprint density at radius 1 is 1.32 bits per heavy atom. The van der Waals surface area contributed by atoms with Gasteiger partial charge in [0.2, 0.25) is 0 Å². The summed E-state index contributed by atoms with van der Waals surface area (Å²) >= 11 is 0. The van der Waals surface area contributed by atoms with E-state index < -0.39 is 0 Å². The summed E-state index contributed by atoms with van der Waals surface area (Å²) < 4.78 is 10.8. The van der Waals surface area contributed by atoms with Crippen LogP contribution < -0.4 is 0 Å². The molecule has 0 N–H and O–H groups in total. The molecule has 1 aromatic heterocycles. The largest absolute Gasteiger partial charge is 0.460 e. The third-order valence-corrected chi connectivity index (χ3v) is 3.75. The summed E-state index contributed by atoms with van der Waals surface area (Å²) in [5, 5.41) is 1.05. The number of hydrogen-bond donors (Lipinski definition) is 0. The van der Waals surface area contributed by atoms with Gasteiger partial charge in [-0.2, -0.15) is 0 Å². The minimum Gasteiger partial charge on any atom is -0.460 e. The Kier molecular flexibility index (Phi) is 4.81. The number of para-hydroxylation sites is 1. The van der Waals surface area contributed by atoms with Crippen LogP contribution in [0, 0.1) is 0 Å². The SMILES string of the molecule is O=C(/C=C/c1cccc2cccnc12)OCC1CCCCO1. The quantitative estimate of drug-likeness (QED) is 0.641. The third kappa shape index (κ3) is 3.71. The van der Waals surface area contributed by atoms with Crippen LogP contribution in [0.2, 0.25) is 0 Å². The Morgan fingerprint density at radius 2 is 2.23 bits per heavy atom. The van der Waals surface area contributed by atoms with Crippen molar-refractivity contribution < 1.29 is 14.3 Å². The van der Waals surface area contributed by atoms with Gasteiger partial charge in [-0.1, -0.05) is 24.3 Å². The molecule has 1 unspecified atom stereocenters. The number of fused-ring (bicyclic) bond motifs is 1. The smallest absolute Gasteiger partial charge is 0.330 e. The van der Waals surface area contributed by atoms with Crippen LogP contribution in [-0.2, 0) is 14.3 Å². The molecule has 0 bridgehead atoms. The normalized spacial score (nSPS) is 18.6. The first-order valence-corrected chi connectivity index (χ1v) is 7.63. The molecule has 4 heteroatoms. The summed E-state index contributed by atoms with van der Waals surface area (Å²) in [5.41, 5.74) is 1.79. The first-order valence-electron chi connectivity index (χ1n) is 7.63. The average Bonchev–Trinajstić information content (AvgIpc) is 2.59. The van der Waals surface area contributed by atoms with Crippen molar-refractivity contribution in [3.8, 4) is 0 Å². The summed E-state index contributed by atoms with van der Waals surface area (Å²) in [7, 11) is 0. The van der Waals surface area contributed by atoms with E-state index in [2.05, 4.69) is 4.98 Å². The molecule has 1 atom stereocenters. The number of rotatable bonds is 4. The number of pyridine rings is 1. The fourth-order valence-corrected chi connectivity index (χ4v) is 2.58. The molecule has 1 saturated heterocycles. The number of hydrogen-bond acceptors (Lipinski definition) is 4. The van der Waals surface area contributed by atoms with E-state index in [0.29, 0.717) is 6.61 Å². The molecule has 0 amide bonds. The number of esters is 1. The number of carbonyl (C=O) groups is 1. The molecule has 1 aromatic carbocycles. The number of aromatic nitrogens is 1. The Labute approximate surface area is 129 Å². The van der Waals surface area contributed by atoms with Crippen LogP contribution in [0.15, 0.2) is 42.6 Å². The Hall–Kier alpha value is -2.20. The van der Waals surface area contributed by atoms with Gasteiger partial charge >= 0.3 is 5.97 Å². The molecule has 2 heterocycles. The number of benzene rings is 1. The van der Waals surface area contributed by atoms with Crippen molar-refractivity contribution in [2.75, 3.05) is 13.2 Å². The lowest BCUT2D eigenvalue weighted by Gasteiger charge is -2.21. The maximum Gasteiger partial charge on any atom is 0.330 e. The van der Waals surface area contributed by atoms with Crippen molar-refractivity contribution in [1.29, 1.82) is 0 Å². The van der Waals surface area contributed by atoms with Gasteiger partial charge in [0.15, 0.2) is 0 Å². The monoisotopic (exact) mass is 297 g/mol. The van der Waals surface area contributed by atoms with Crippen LogP contribution in [-0.4, -0.2) is 30.3 Å². The minimum atomic E-state index is -0.345. The van der Waals surface area contributed by atoms with Gasteiger partial charge in [-0.25, -0.2) is 4.79 Å². The van der Waals surface area contributed by atoms with Gasteiger partial charge in [0.05, 0.1) is 11.6 Å². The van der Waals surface area contributed by atoms with Crippen LogP contribution in [0.4, 0.5) is 0 Å². The van der Waals surface area contributed by atoms with E-state index in [9.17, 15) is 4.79 Å². The Bertz CT molecular complexity index is 670. The lowest BCUT2D eigenvalue weighted by molar-refractivity contribution is -0.143. The molecular formula is C18H19NO3. The summed E-state index contributed by atoms with van der Waals surface area (Å²) in [4.78, 5) is 16.2. The van der Waals surface area contributed by atoms with E-state index in [1.54, 1.807) is 12.3 Å². The molecule has 2 aromatic rings. The van der Waals surface area contributed by atoms with E-state index in [4.69, 9.17) is 9.47 Å². The molecule has 0 spiro atoms. The first kappa shape index (κ1) is 14.7. The predicted octanol–water partition coefficient (Wildman–Crippen LogP) is 3.36. The van der Waals surface area contributed by atoms with Crippen molar-refractivity contribution in [2.24, 2.45) is 0 Å². The molecule has 1 aliphatic rings. The van der Waals surface area contributed by atoms with Crippen molar-refractivity contribution >= 4 is 22.9 Å². The second kappa shape index (κ2) is 7.18. The maximum atomic E-state index is 11.8. The van der Waals surface area contributed by atoms with Crippen molar-refractivity contribution in [3.63, 3.8) is 0 Å². The lowest BCUT2D eigenvalue weighted by atomic mass is 10.1. The predicted molar refractivity (Wildman–Crippen MR) is 85.3 cm³/mol. The highest BCUT2D eigenvalue weighted by atomic mass is 16.6. The van der Waals surface area contributed by atoms with Crippen molar-refractivity contribution in [2.45, 2.75) is 25.4 Å². The zero-order valence-corrected chi connectivity index (χ0v) is 12.4. The number of ether oxygens (including phenoxy) is 2. The maximum absolute atomic E-state index is 11.8. The van der Waals surface area contributed by atoms with Crippen molar-refractivity contribution in [1.82, 2.24) is 4.98 Å². The van der Waals surface area contributed by atoms with Gasteiger partial charge in [0.1, 0.15) is 6.61 Å². The standard InChI is InChI=1S/C18H19NO3/c20-17(22-13-16-8-1-2-12-21-16)10-9-15-6-3-5-14-7-4-11-19-18(14)15/h3-7,9-11,16H,1-2,8,12-13H2/b10-9+. The Morgan fingerprint density at radius 3 is 3.09 bits per heavy atom. The third-order valence-electron chi connectivity index (χ3n) is 3.75. The first-order chi connectivity index (χ1) is 10.8. The van der Waals surface area contributed by atoms with E-state index in [0.717, 1.165) is 42.3 Å². The van der Waals surface area contributed by atoms with E-state index in [-0.39, 0.29) is 12.1 Å². The van der Waals surface area contributed by atoms with Gasteiger partial charge in [0, 0.05) is 29.8 Å². The highest BCUT2D eigenvalue weighted by molar-refractivity contribution is 5.92. The number of nitrogens with zero attached hydrogens (tertiary/aromatic N) is 1. The zero-order chi connectivity index (χ0) is 15.2. The summed E-state index contributed by atoms with van der Waals surface area (Å²) in [6, 6.07) is 9.78. The molecular weight excluding hydrogens is 278 g/mol. The highest BCUT2D eigenvalue weighted by Gasteiger charge is 2.15. The van der Waals surface area contributed by atoms with Gasteiger partial charge in [-0.05, 0) is 31.4 Å². The second-order valence-electron chi connectivity index (χ2n) is 5.37. The molecule has 0 radical (unpaired) electrons. The van der Waals surface area contributed by atoms with Crippen LogP contribution in [0.3, 0.4) is 0 Å².